The van der Waals surface area contributed by atoms with Crippen molar-refractivity contribution >= 4 is 33.2 Å². The third-order valence-electron chi connectivity index (χ3n) is 4.45. The van der Waals surface area contributed by atoms with Gasteiger partial charge in [0.1, 0.15) is 0 Å². The van der Waals surface area contributed by atoms with Crippen LogP contribution in [0.25, 0.3) is 0 Å². The molecule has 2 N–H and O–H groups in total. The molecule has 1 saturated carbocycles. The number of halogens is 1. The van der Waals surface area contributed by atoms with E-state index in [2.05, 4.69) is 66.2 Å². The number of thiazole rings is 1. The number of hydrogen-bond acceptors (Lipinski definition) is 3. The highest BCUT2D eigenvalue weighted by Crippen LogP contribution is 2.48. The van der Waals surface area contributed by atoms with Crippen LogP contribution in [0.3, 0.4) is 0 Å². The minimum atomic E-state index is 0.257. The predicted molar refractivity (Wildman–Crippen MR) is 105 cm³/mol. The quantitative estimate of drug-likeness (QED) is 0.568. The number of aliphatic imine (C=N–C) groups is 1. The van der Waals surface area contributed by atoms with Gasteiger partial charge in [-0.2, -0.15) is 0 Å². The smallest absolute Gasteiger partial charge is 0.191 e. The number of nitrogens with zero attached hydrogens (tertiary/aromatic N) is 2. The molecular weight excluding hydrogens is 384 g/mol. The molecule has 0 amide bonds. The van der Waals surface area contributed by atoms with E-state index in [1.807, 2.05) is 14.0 Å². The first-order chi connectivity index (χ1) is 11.6. The largest absolute Gasteiger partial charge is 0.356 e. The maximum Gasteiger partial charge on any atom is 0.191 e. The van der Waals surface area contributed by atoms with Crippen LogP contribution in [0.5, 0.6) is 0 Å². The fraction of sp³-hybridized carbons (Fsp3) is 0.444. The predicted octanol–water partition coefficient (Wildman–Crippen LogP) is 3.65. The molecule has 0 atom stereocenters. The second kappa shape index (κ2) is 7.66. The summed E-state index contributed by atoms with van der Waals surface area (Å²) < 4.78 is 1.15. The molecule has 0 aliphatic heterocycles. The van der Waals surface area contributed by atoms with Crippen LogP contribution in [0.4, 0.5) is 0 Å². The van der Waals surface area contributed by atoms with Crippen LogP contribution in [0.1, 0.15) is 29.1 Å². The van der Waals surface area contributed by atoms with Crippen LogP contribution < -0.4 is 10.6 Å². The Bertz CT molecular complexity index is 721. The molecule has 0 saturated heterocycles. The van der Waals surface area contributed by atoms with E-state index in [4.69, 9.17) is 0 Å². The first-order valence-electron chi connectivity index (χ1n) is 8.23. The molecule has 0 unspecified atom stereocenters. The Hall–Kier alpha value is -1.40. The van der Waals surface area contributed by atoms with Crippen molar-refractivity contribution in [1.82, 2.24) is 15.6 Å². The van der Waals surface area contributed by atoms with Crippen LogP contribution in [0, 0.1) is 6.92 Å². The number of aryl methyl sites for hydroxylation is 1. The Kier molecular flexibility index (Phi) is 5.56. The molecule has 0 bridgehead atoms. The fourth-order valence-electron chi connectivity index (χ4n) is 2.84. The molecule has 1 aromatic carbocycles. The van der Waals surface area contributed by atoms with Crippen molar-refractivity contribution in [3.63, 3.8) is 0 Å². The van der Waals surface area contributed by atoms with Crippen molar-refractivity contribution in [3.05, 3.63) is 50.4 Å². The molecular formula is C18H23BrN4S. The first-order valence-corrected chi connectivity index (χ1v) is 9.90. The lowest BCUT2D eigenvalue weighted by Gasteiger charge is -2.19. The Morgan fingerprint density at radius 2 is 2.21 bits per heavy atom. The first kappa shape index (κ1) is 17.4. The van der Waals surface area contributed by atoms with Gasteiger partial charge in [0.05, 0.1) is 10.7 Å². The van der Waals surface area contributed by atoms with Crippen molar-refractivity contribution in [2.45, 2.75) is 31.6 Å². The van der Waals surface area contributed by atoms with Crippen LogP contribution in [0.2, 0.25) is 0 Å². The molecule has 1 fully saturated rings. The summed E-state index contributed by atoms with van der Waals surface area (Å²) >= 11 is 5.27. The van der Waals surface area contributed by atoms with E-state index < -0.39 is 0 Å². The van der Waals surface area contributed by atoms with Crippen LogP contribution >= 0.6 is 27.3 Å². The third-order valence-corrected chi connectivity index (χ3v) is 5.76. The average Bonchev–Trinajstić information content (AvgIpc) is 3.26. The van der Waals surface area contributed by atoms with Gasteiger partial charge in [-0.05, 0) is 37.5 Å². The zero-order chi connectivity index (χ0) is 17.0. The highest BCUT2D eigenvalue weighted by Gasteiger charge is 2.44. The van der Waals surface area contributed by atoms with Gasteiger partial charge in [0, 0.05) is 41.8 Å². The van der Waals surface area contributed by atoms with Gasteiger partial charge in [-0.25, -0.2) is 4.98 Å². The van der Waals surface area contributed by atoms with Crippen molar-refractivity contribution in [1.29, 1.82) is 0 Å². The van der Waals surface area contributed by atoms with Gasteiger partial charge in [-0.15, -0.1) is 11.3 Å². The standard InChI is InChI=1S/C18H23BrN4S/c1-13-23-16(11-24-13)6-9-21-17(20-2)22-12-18(7-8-18)14-4-3-5-15(19)10-14/h3-5,10-11H,6-9,12H2,1-2H3,(H2,20,21,22). The number of benzene rings is 1. The third kappa shape index (κ3) is 4.36. The summed E-state index contributed by atoms with van der Waals surface area (Å²) in [6.45, 7) is 3.80. The summed E-state index contributed by atoms with van der Waals surface area (Å²) in [6, 6.07) is 8.64. The molecule has 1 aromatic heterocycles. The Morgan fingerprint density at radius 1 is 1.38 bits per heavy atom. The van der Waals surface area contributed by atoms with Gasteiger partial charge in [-0.3, -0.25) is 4.99 Å². The van der Waals surface area contributed by atoms with Gasteiger partial charge in [0.2, 0.25) is 0 Å². The summed E-state index contributed by atoms with van der Waals surface area (Å²) in [7, 11) is 1.82. The normalized spacial score (nSPS) is 16.0. The highest BCUT2D eigenvalue weighted by atomic mass is 79.9. The Labute approximate surface area is 155 Å². The molecule has 3 rings (SSSR count). The number of nitrogens with one attached hydrogen (secondary N) is 2. The summed E-state index contributed by atoms with van der Waals surface area (Å²) in [4.78, 5) is 8.82. The van der Waals surface area contributed by atoms with E-state index >= 15 is 0 Å². The summed E-state index contributed by atoms with van der Waals surface area (Å²) in [5.41, 5.74) is 2.80. The molecule has 6 heteroatoms. The lowest BCUT2D eigenvalue weighted by molar-refractivity contribution is 0.644. The van der Waals surface area contributed by atoms with E-state index in [1.165, 1.54) is 18.4 Å². The maximum absolute atomic E-state index is 4.49. The molecule has 0 spiro atoms. The van der Waals surface area contributed by atoms with Crippen molar-refractivity contribution in [2.75, 3.05) is 20.1 Å². The van der Waals surface area contributed by atoms with Crippen molar-refractivity contribution < 1.29 is 0 Å². The van der Waals surface area contributed by atoms with E-state index in [0.717, 1.165) is 40.6 Å². The molecule has 4 nitrogen and oxygen atoms in total. The molecule has 128 valence electrons. The number of guanidine groups is 1. The van der Waals surface area contributed by atoms with E-state index in [-0.39, 0.29) is 5.41 Å². The second-order valence-electron chi connectivity index (χ2n) is 6.25. The zero-order valence-corrected chi connectivity index (χ0v) is 16.5. The van der Waals surface area contributed by atoms with Gasteiger partial charge < -0.3 is 10.6 Å². The molecule has 1 aliphatic rings. The molecule has 1 heterocycles. The molecule has 0 radical (unpaired) electrons. The minimum absolute atomic E-state index is 0.257. The van der Waals surface area contributed by atoms with Gasteiger partial charge in [0.15, 0.2) is 5.96 Å². The van der Waals surface area contributed by atoms with E-state index in [1.54, 1.807) is 11.3 Å². The van der Waals surface area contributed by atoms with E-state index in [9.17, 15) is 0 Å². The topological polar surface area (TPSA) is 49.3 Å². The van der Waals surface area contributed by atoms with Crippen LogP contribution in [0.15, 0.2) is 39.1 Å². The number of aromatic nitrogens is 1. The Morgan fingerprint density at radius 3 is 2.83 bits per heavy atom. The molecule has 1 aliphatic carbocycles. The lowest BCUT2D eigenvalue weighted by atomic mass is 9.96. The van der Waals surface area contributed by atoms with Gasteiger partial charge in [0.25, 0.3) is 0 Å². The summed E-state index contributed by atoms with van der Waals surface area (Å²) in [5.74, 6) is 0.864. The molecule has 24 heavy (non-hydrogen) atoms. The highest BCUT2D eigenvalue weighted by molar-refractivity contribution is 9.10. The average molecular weight is 407 g/mol. The number of hydrogen-bond donors (Lipinski definition) is 2. The second-order valence-corrected chi connectivity index (χ2v) is 8.23. The van der Waals surface area contributed by atoms with Crippen LogP contribution in [-0.2, 0) is 11.8 Å². The summed E-state index contributed by atoms with van der Waals surface area (Å²) in [6.07, 6.45) is 3.37. The van der Waals surface area contributed by atoms with Crippen molar-refractivity contribution in [3.8, 4) is 0 Å². The maximum atomic E-state index is 4.49. The zero-order valence-electron chi connectivity index (χ0n) is 14.1. The summed E-state index contributed by atoms with van der Waals surface area (Å²) in [5, 5.41) is 10.1. The van der Waals surface area contributed by atoms with Gasteiger partial charge in [-0.1, -0.05) is 28.1 Å². The molecule has 2 aromatic rings. The number of rotatable bonds is 6. The SMILES string of the molecule is CN=C(NCCc1csc(C)n1)NCC1(c2cccc(Br)c2)CC1. The van der Waals surface area contributed by atoms with Crippen LogP contribution in [-0.4, -0.2) is 31.1 Å². The van der Waals surface area contributed by atoms with E-state index in [0.29, 0.717) is 0 Å². The minimum Gasteiger partial charge on any atom is -0.356 e. The monoisotopic (exact) mass is 406 g/mol. The fourth-order valence-corrected chi connectivity index (χ4v) is 3.89. The Balaban J connectivity index is 1.49. The van der Waals surface area contributed by atoms with Gasteiger partial charge >= 0.3 is 0 Å². The lowest BCUT2D eigenvalue weighted by Crippen LogP contribution is -2.42. The van der Waals surface area contributed by atoms with Crippen molar-refractivity contribution in [2.24, 2.45) is 4.99 Å².